The van der Waals surface area contributed by atoms with Crippen molar-refractivity contribution in [1.29, 1.82) is 0 Å². The van der Waals surface area contributed by atoms with E-state index in [1.54, 1.807) is 0 Å². The molecule has 1 aliphatic heterocycles. The maximum Gasteiger partial charge on any atom is 0.247 e. The third kappa shape index (κ3) is 3.52. The van der Waals surface area contributed by atoms with Crippen LogP contribution in [0.25, 0.3) is 0 Å². The number of nitrogens with zero attached hydrogens (tertiary/aromatic N) is 2. The molecule has 4 N–H and O–H groups in total. The summed E-state index contributed by atoms with van der Waals surface area (Å²) in [6, 6.07) is 0.338. The molecule has 1 heterocycles. The summed E-state index contributed by atoms with van der Waals surface area (Å²) in [6.07, 6.45) is 6.61. The molecule has 1 aliphatic carbocycles. The van der Waals surface area contributed by atoms with Crippen molar-refractivity contribution >= 4 is 35.4 Å². The van der Waals surface area contributed by atoms with Gasteiger partial charge in [0.05, 0.1) is 0 Å². The number of aliphatic imine (C=N–C) groups is 1. The molecule has 2 rings (SSSR count). The molecule has 2 aliphatic rings. The topological polar surface area (TPSA) is 89.4 Å². The van der Waals surface area contributed by atoms with Gasteiger partial charge in [0.2, 0.25) is 11.8 Å². The smallest absolute Gasteiger partial charge is 0.247 e. The van der Waals surface area contributed by atoms with Crippen molar-refractivity contribution in [2.75, 3.05) is 0 Å². The summed E-state index contributed by atoms with van der Waals surface area (Å²) in [4.78, 5) is 30.6. The Morgan fingerprint density at radius 3 is 2.77 bits per heavy atom. The molecular formula is C15H25N4O2S+. The highest BCUT2D eigenvalue weighted by Gasteiger charge is 2.39. The third-order valence-corrected chi connectivity index (χ3v) is 4.86. The number of carbonyl (C=O) groups is 2. The van der Waals surface area contributed by atoms with Crippen LogP contribution in [-0.2, 0) is 9.59 Å². The normalized spacial score (nSPS) is 31.5. The van der Waals surface area contributed by atoms with Crippen molar-refractivity contribution in [3.63, 3.8) is 0 Å². The molecule has 0 aromatic carbocycles. The van der Waals surface area contributed by atoms with Gasteiger partial charge in [0, 0.05) is 18.7 Å². The number of thiocarbonyl (C=S) groups is 1. The van der Waals surface area contributed by atoms with Crippen molar-refractivity contribution in [2.24, 2.45) is 10.9 Å². The van der Waals surface area contributed by atoms with Gasteiger partial charge < -0.3 is 11.1 Å². The molecule has 1 saturated heterocycles. The van der Waals surface area contributed by atoms with E-state index in [1.807, 2.05) is 13.8 Å². The maximum atomic E-state index is 12.6. The molecule has 0 radical (unpaired) electrons. The monoisotopic (exact) mass is 325 g/mol. The summed E-state index contributed by atoms with van der Waals surface area (Å²) in [7, 11) is 0. The molecule has 22 heavy (non-hydrogen) atoms. The zero-order valence-corrected chi connectivity index (χ0v) is 14.1. The first kappa shape index (κ1) is 17.0. The molecule has 0 spiro atoms. The van der Waals surface area contributed by atoms with Gasteiger partial charge in [-0.3, -0.25) is 19.5 Å². The van der Waals surface area contributed by atoms with Crippen molar-refractivity contribution in [1.82, 2.24) is 10.2 Å². The fourth-order valence-electron chi connectivity index (χ4n) is 2.92. The Kier molecular flexibility index (Phi) is 5.63. The van der Waals surface area contributed by atoms with Gasteiger partial charge in [0.1, 0.15) is 12.1 Å². The summed E-state index contributed by atoms with van der Waals surface area (Å²) in [5.74, 6) is -1.53. The van der Waals surface area contributed by atoms with E-state index >= 15 is 0 Å². The van der Waals surface area contributed by atoms with E-state index in [4.69, 9.17) is 12.2 Å². The van der Waals surface area contributed by atoms with Crippen LogP contribution >= 0.6 is 12.2 Å². The second kappa shape index (κ2) is 7.28. The summed E-state index contributed by atoms with van der Waals surface area (Å²) in [5, 5.41) is 2.81. The van der Waals surface area contributed by atoms with E-state index < -0.39 is 5.92 Å². The summed E-state index contributed by atoms with van der Waals surface area (Å²) in [5.41, 5.74) is 4.12. The number of rotatable bonds is 4. The highest BCUT2D eigenvalue weighted by molar-refractivity contribution is 7.80. The molecule has 2 fully saturated rings. The number of quaternary nitrogens is 1. The van der Waals surface area contributed by atoms with E-state index in [0.29, 0.717) is 0 Å². The quantitative estimate of drug-likeness (QED) is 0.442. The van der Waals surface area contributed by atoms with Crippen LogP contribution in [-0.4, -0.2) is 46.2 Å². The minimum Gasteiger partial charge on any atom is -0.353 e. The van der Waals surface area contributed by atoms with Crippen LogP contribution in [0.2, 0.25) is 0 Å². The molecule has 2 amide bonds. The lowest BCUT2D eigenvalue weighted by Gasteiger charge is -2.35. The Hall–Kier alpha value is -1.34. The van der Waals surface area contributed by atoms with Gasteiger partial charge in [-0.15, -0.1) is 0 Å². The van der Waals surface area contributed by atoms with Gasteiger partial charge in [-0.1, -0.05) is 13.3 Å². The zero-order valence-electron chi connectivity index (χ0n) is 13.2. The fourth-order valence-corrected chi connectivity index (χ4v) is 3.29. The lowest BCUT2D eigenvalue weighted by molar-refractivity contribution is -0.428. The molecule has 0 unspecified atom stereocenters. The largest absolute Gasteiger partial charge is 0.353 e. The second-order valence-corrected chi connectivity index (χ2v) is 6.53. The van der Waals surface area contributed by atoms with Gasteiger partial charge in [0.15, 0.2) is 11.0 Å². The number of hydrogen-bond donors (Lipinski definition) is 2. The average molecular weight is 325 g/mol. The van der Waals surface area contributed by atoms with Crippen molar-refractivity contribution in [3.8, 4) is 0 Å². The van der Waals surface area contributed by atoms with E-state index in [1.165, 1.54) is 17.5 Å². The second-order valence-electron chi connectivity index (χ2n) is 6.15. The van der Waals surface area contributed by atoms with E-state index in [-0.39, 0.29) is 35.1 Å². The van der Waals surface area contributed by atoms with Crippen LogP contribution in [0.5, 0.6) is 0 Å². The molecule has 122 valence electrons. The number of nitrogens with one attached hydrogen (secondary N) is 1. The predicted molar refractivity (Wildman–Crippen MR) is 88.3 cm³/mol. The predicted octanol–water partition coefficient (Wildman–Crippen LogP) is 0.268. The lowest BCUT2D eigenvalue weighted by Crippen LogP contribution is -2.66. The summed E-state index contributed by atoms with van der Waals surface area (Å²) in [6.45, 7) is 3.90. The highest BCUT2D eigenvalue weighted by Crippen LogP contribution is 2.20. The Morgan fingerprint density at radius 1 is 1.45 bits per heavy atom. The molecule has 4 atom stereocenters. The van der Waals surface area contributed by atoms with Crippen molar-refractivity contribution in [3.05, 3.63) is 0 Å². The van der Waals surface area contributed by atoms with E-state index in [9.17, 15) is 9.59 Å². The van der Waals surface area contributed by atoms with Gasteiger partial charge in [0.25, 0.3) is 0 Å². The number of hydrogen-bond acceptors (Lipinski definition) is 4. The zero-order chi connectivity index (χ0) is 16.3. The van der Waals surface area contributed by atoms with Crippen molar-refractivity contribution < 1.29 is 15.3 Å². The Balaban J connectivity index is 2.12. The average Bonchev–Trinajstić information content (AvgIpc) is 2.48. The van der Waals surface area contributed by atoms with E-state index in [0.717, 1.165) is 25.7 Å². The first-order valence-corrected chi connectivity index (χ1v) is 8.40. The Labute approximate surface area is 136 Å². The molecule has 7 heteroatoms. The fraction of sp³-hybridized carbons (Fsp3) is 0.733. The SMILES string of the molecule is CC[C@H](C)N1C(=O)[C@H](C=N[C@H]2CCCC[C@@H]2[NH3+])C(=O)NC1=S. The van der Waals surface area contributed by atoms with Crippen LogP contribution < -0.4 is 11.1 Å². The first-order chi connectivity index (χ1) is 10.5. The Morgan fingerprint density at radius 2 is 2.14 bits per heavy atom. The minimum absolute atomic E-state index is 0.0354. The minimum atomic E-state index is -0.880. The molecular weight excluding hydrogens is 300 g/mol. The van der Waals surface area contributed by atoms with Gasteiger partial charge in [-0.05, 0) is 38.4 Å². The highest BCUT2D eigenvalue weighted by atomic mass is 32.1. The van der Waals surface area contributed by atoms with E-state index in [2.05, 4.69) is 16.0 Å². The number of amides is 2. The van der Waals surface area contributed by atoms with Crippen molar-refractivity contribution in [2.45, 2.75) is 64.1 Å². The maximum absolute atomic E-state index is 12.6. The van der Waals surface area contributed by atoms with Gasteiger partial charge in [-0.2, -0.15) is 0 Å². The van der Waals surface area contributed by atoms with Crippen LogP contribution in [0.15, 0.2) is 4.99 Å². The van der Waals surface area contributed by atoms with Gasteiger partial charge in [-0.25, -0.2) is 0 Å². The number of carbonyl (C=O) groups excluding carboxylic acids is 2. The Bertz CT molecular complexity index is 494. The third-order valence-electron chi connectivity index (χ3n) is 4.56. The summed E-state index contributed by atoms with van der Waals surface area (Å²) >= 11 is 5.12. The lowest BCUT2D eigenvalue weighted by atomic mass is 9.91. The molecule has 0 bridgehead atoms. The molecule has 6 nitrogen and oxygen atoms in total. The molecule has 1 saturated carbocycles. The van der Waals surface area contributed by atoms with Crippen LogP contribution in [0.4, 0.5) is 0 Å². The van der Waals surface area contributed by atoms with Crippen LogP contribution in [0.3, 0.4) is 0 Å². The standard InChI is InChI=1S/C15H24N4O2S/c1-3-9(2)19-14(21)10(13(20)18-15(19)22)8-17-12-7-5-4-6-11(12)16/h8-12H,3-7,16H2,1-2H3,(H,18,20,22)/p+1/t9-,10+,11-,12-/m0/s1. The molecule has 0 aromatic rings. The molecule has 0 aromatic heterocycles. The first-order valence-electron chi connectivity index (χ1n) is 8.00. The van der Waals surface area contributed by atoms with Crippen LogP contribution in [0.1, 0.15) is 46.0 Å². The summed E-state index contributed by atoms with van der Waals surface area (Å²) < 4.78 is 0. The van der Waals surface area contributed by atoms with Gasteiger partial charge >= 0.3 is 0 Å². The van der Waals surface area contributed by atoms with Crippen LogP contribution in [0, 0.1) is 5.92 Å².